The number of hydrogen-bond donors (Lipinski definition) is 1. The standard InChI is InChI=1S/C11H13N5O/c1-8-5-3-4-6-9(8)12-11(17)7-10-13-14-15-16(10)2/h3-6H,7H2,1-2H3,(H,12,17). The first-order chi connectivity index (χ1) is 8.16. The zero-order chi connectivity index (χ0) is 12.3. The van der Waals surface area contributed by atoms with Gasteiger partial charge in [-0.2, -0.15) is 0 Å². The van der Waals surface area contributed by atoms with Gasteiger partial charge in [-0.25, -0.2) is 4.68 Å². The van der Waals surface area contributed by atoms with Gasteiger partial charge in [0.05, 0.1) is 6.42 Å². The Morgan fingerprint density at radius 2 is 2.18 bits per heavy atom. The number of carbonyl (C=O) groups excluding carboxylic acids is 1. The molecule has 0 bridgehead atoms. The Labute approximate surface area is 98.6 Å². The number of rotatable bonds is 3. The smallest absolute Gasteiger partial charge is 0.232 e. The van der Waals surface area contributed by atoms with Crippen LogP contribution in [0.2, 0.25) is 0 Å². The Bertz CT molecular complexity index is 534. The van der Waals surface area contributed by atoms with Crippen molar-refractivity contribution in [2.45, 2.75) is 13.3 Å². The van der Waals surface area contributed by atoms with Crippen molar-refractivity contribution in [1.29, 1.82) is 0 Å². The van der Waals surface area contributed by atoms with Crippen LogP contribution in [0.5, 0.6) is 0 Å². The summed E-state index contributed by atoms with van der Waals surface area (Å²) in [5.41, 5.74) is 1.84. The molecule has 0 aliphatic heterocycles. The van der Waals surface area contributed by atoms with Crippen LogP contribution >= 0.6 is 0 Å². The predicted molar refractivity (Wildman–Crippen MR) is 62.3 cm³/mol. The molecule has 6 heteroatoms. The van der Waals surface area contributed by atoms with Gasteiger partial charge in [0.1, 0.15) is 0 Å². The van der Waals surface area contributed by atoms with Gasteiger partial charge in [0.15, 0.2) is 5.82 Å². The first kappa shape index (κ1) is 11.3. The fourth-order valence-corrected chi connectivity index (χ4v) is 1.45. The summed E-state index contributed by atoms with van der Waals surface area (Å²) in [6.07, 6.45) is 0.165. The van der Waals surface area contributed by atoms with E-state index in [1.54, 1.807) is 7.05 Å². The molecule has 1 aromatic carbocycles. The Kier molecular flexibility index (Phi) is 3.13. The highest BCUT2D eigenvalue weighted by molar-refractivity contribution is 5.92. The second-order valence-electron chi connectivity index (χ2n) is 3.76. The number of hydrogen-bond acceptors (Lipinski definition) is 4. The molecule has 2 rings (SSSR count). The molecule has 0 saturated heterocycles. The molecule has 1 heterocycles. The van der Waals surface area contributed by atoms with Crippen molar-refractivity contribution in [3.8, 4) is 0 Å². The maximum Gasteiger partial charge on any atom is 0.232 e. The zero-order valence-electron chi connectivity index (χ0n) is 9.71. The maximum atomic E-state index is 11.8. The van der Waals surface area contributed by atoms with E-state index in [9.17, 15) is 4.79 Å². The minimum Gasteiger partial charge on any atom is -0.325 e. The van der Waals surface area contributed by atoms with E-state index in [-0.39, 0.29) is 12.3 Å². The third-order valence-corrected chi connectivity index (χ3v) is 2.45. The van der Waals surface area contributed by atoms with Crippen LogP contribution in [-0.2, 0) is 18.3 Å². The monoisotopic (exact) mass is 231 g/mol. The quantitative estimate of drug-likeness (QED) is 0.844. The molecule has 0 atom stereocenters. The van der Waals surface area contributed by atoms with Crippen molar-refractivity contribution in [3.05, 3.63) is 35.7 Å². The molecule has 0 aliphatic carbocycles. The van der Waals surface area contributed by atoms with Crippen LogP contribution in [0.3, 0.4) is 0 Å². The SMILES string of the molecule is Cc1ccccc1NC(=O)Cc1nnnn1C. The number of anilines is 1. The third-order valence-electron chi connectivity index (χ3n) is 2.45. The lowest BCUT2D eigenvalue weighted by Gasteiger charge is -2.07. The van der Waals surface area contributed by atoms with E-state index in [1.807, 2.05) is 31.2 Å². The van der Waals surface area contributed by atoms with Gasteiger partial charge in [-0.15, -0.1) is 5.10 Å². The molecular formula is C11H13N5O. The first-order valence-corrected chi connectivity index (χ1v) is 5.23. The molecular weight excluding hydrogens is 218 g/mol. The molecule has 1 N–H and O–H groups in total. The lowest BCUT2D eigenvalue weighted by molar-refractivity contribution is -0.115. The van der Waals surface area contributed by atoms with Crippen LogP contribution in [-0.4, -0.2) is 26.1 Å². The van der Waals surface area contributed by atoms with Crippen molar-refractivity contribution < 1.29 is 4.79 Å². The second kappa shape index (κ2) is 4.73. The molecule has 88 valence electrons. The lowest BCUT2D eigenvalue weighted by Crippen LogP contribution is -2.17. The number of nitrogens with zero attached hydrogens (tertiary/aromatic N) is 4. The summed E-state index contributed by atoms with van der Waals surface area (Å²) in [4.78, 5) is 11.8. The van der Waals surface area contributed by atoms with E-state index in [0.717, 1.165) is 11.3 Å². The van der Waals surface area contributed by atoms with E-state index in [1.165, 1.54) is 4.68 Å². The van der Waals surface area contributed by atoms with Crippen molar-refractivity contribution in [2.24, 2.45) is 7.05 Å². The predicted octanol–water partition coefficient (Wildman–Crippen LogP) is 0.700. The van der Waals surface area contributed by atoms with Gasteiger partial charge >= 0.3 is 0 Å². The van der Waals surface area contributed by atoms with E-state index in [4.69, 9.17) is 0 Å². The van der Waals surface area contributed by atoms with Crippen molar-refractivity contribution >= 4 is 11.6 Å². The van der Waals surface area contributed by atoms with Crippen LogP contribution in [0.4, 0.5) is 5.69 Å². The molecule has 1 amide bonds. The normalized spacial score (nSPS) is 10.2. The molecule has 1 aromatic heterocycles. The van der Waals surface area contributed by atoms with Gasteiger partial charge in [-0.05, 0) is 29.0 Å². The Hall–Kier alpha value is -2.24. The highest BCUT2D eigenvalue weighted by atomic mass is 16.1. The Morgan fingerprint density at radius 3 is 2.82 bits per heavy atom. The topological polar surface area (TPSA) is 72.7 Å². The zero-order valence-corrected chi connectivity index (χ0v) is 9.71. The fraction of sp³-hybridized carbons (Fsp3) is 0.273. The summed E-state index contributed by atoms with van der Waals surface area (Å²) >= 11 is 0. The summed E-state index contributed by atoms with van der Waals surface area (Å²) in [5, 5.41) is 13.7. The number of para-hydroxylation sites is 1. The minimum absolute atomic E-state index is 0.128. The molecule has 6 nitrogen and oxygen atoms in total. The van der Waals surface area contributed by atoms with Gasteiger partial charge in [0.25, 0.3) is 0 Å². The summed E-state index contributed by atoms with van der Waals surface area (Å²) in [6, 6.07) is 7.62. The highest BCUT2D eigenvalue weighted by Gasteiger charge is 2.10. The lowest BCUT2D eigenvalue weighted by atomic mass is 10.2. The van der Waals surface area contributed by atoms with Crippen molar-refractivity contribution in [3.63, 3.8) is 0 Å². The molecule has 2 aromatic rings. The average Bonchev–Trinajstić information content (AvgIpc) is 2.68. The van der Waals surface area contributed by atoms with Gasteiger partial charge < -0.3 is 5.32 Å². The summed E-state index contributed by atoms with van der Waals surface area (Å²) in [5.74, 6) is 0.410. The number of carbonyl (C=O) groups is 1. The minimum atomic E-state index is -0.128. The summed E-state index contributed by atoms with van der Waals surface area (Å²) in [6.45, 7) is 1.94. The Morgan fingerprint density at radius 1 is 1.41 bits per heavy atom. The third kappa shape index (κ3) is 2.66. The van der Waals surface area contributed by atoms with Crippen LogP contribution in [0.1, 0.15) is 11.4 Å². The number of tetrazole rings is 1. The molecule has 17 heavy (non-hydrogen) atoms. The number of aromatic nitrogens is 4. The average molecular weight is 231 g/mol. The van der Waals surface area contributed by atoms with Crippen LogP contribution < -0.4 is 5.32 Å². The van der Waals surface area contributed by atoms with E-state index >= 15 is 0 Å². The van der Waals surface area contributed by atoms with Crippen LogP contribution in [0, 0.1) is 6.92 Å². The highest BCUT2D eigenvalue weighted by Crippen LogP contribution is 2.13. The fourth-order valence-electron chi connectivity index (χ4n) is 1.45. The Balaban J connectivity index is 2.03. The molecule has 0 radical (unpaired) electrons. The van der Waals surface area contributed by atoms with Gasteiger partial charge in [-0.3, -0.25) is 4.79 Å². The van der Waals surface area contributed by atoms with E-state index < -0.39 is 0 Å². The van der Waals surface area contributed by atoms with Gasteiger partial charge in [0, 0.05) is 12.7 Å². The molecule has 0 fully saturated rings. The molecule has 0 aliphatic rings. The van der Waals surface area contributed by atoms with E-state index in [0.29, 0.717) is 5.82 Å². The van der Waals surface area contributed by atoms with Crippen LogP contribution in [0.15, 0.2) is 24.3 Å². The summed E-state index contributed by atoms with van der Waals surface area (Å²) < 4.78 is 1.48. The van der Waals surface area contributed by atoms with Gasteiger partial charge in [-0.1, -0.05) is 18.2 Å². The molecule has 0 unspecified atom stereocenters. The largest absolute Gasteiger partial charge is 0.325 e. The first-order valence-electron chi connectivity index (χ1n) is 5.23. The number of amides is 1. The number of aryl methyl sites for hydroxylation is 2. The van der Waals surface area contributed by atoms with Crippen LogP contribution in [0.25, 0.3) is 0 Å². The number of nitrogens with one attached hydrogen (secondary N) is 1. The second-order valence-corrected chi connectivity index (χ2v) is 3.76. The number of benzene rings is 1. The van der Waals surface area contributed by atoms with Gasteiger partial charge in [0.2, 0.25) is 5.91 Å². The van der Waals surface area contributed by atoms with E-state index in [2.05, 4.69) is 20.8 Å². The summed E-state index contributed by atoms with van der Waals surface area (Å²) in [7, 11) is 1.70. The molecule has 0 spiro atoms. The molecule has 0 saturated carbocycles. The maximum absolute atomic E-state index is 11.8. The van der Waals surface area contributed by atoms with Crippen molar-refractivity contribution in [2.75, 3.05) is 5.32 Å². The van der Waals surface area contributed by atoms with Crippen molar-refractivity contribution in [1.82, 2.24) is 20.2 Å².